The van der Waals surface area contributed by atoms with Gasteiger partial charge in [0.1, 0.15) is 22.2 Å². The lowest BCUT2D eigenvalue weighted by Gasteiger charge is -2.27. The SMILES string of the molecule is CCOC(=O)c1c(NC(=O)CSc2cc(N3CCOCC3)ncn2)sc2c1CCCC2. The van der Waals surface area contributed by atoms with E-state index in [2.05, 4.69) is 20.2 Å². The molecular weight excluding hydrogens is 436 g/mol. The smallest absolute Gasteiger partial charge is 0.341 e. The molecule has 0 aromatic carbocycles. The van der Waals surface area contributed by atoms with Crippen molar-refractivity contribution in [3.8, 4) is 0 Å². The number of nitrogens with zero attached hydrogens (tertiary/aromatic N) is 3. The van der Waals surface area contributed by atoms with E-state index >= 15 is 0 Å². The van der Waals surface area contributed by atoms with Crippen molar-refractivity contribution in [1.29, 1.82) is 0 Å². The molecule has 1 aliphatic heterocycles. The Morgan fingerprint density at radius 3 is 2.87 bits per heavy atom. The summed E-state index contributed by atoms with van der Waals surface area (Å²) in [6.07, 6.45) is 5.49. The highest BCUT2D eigenvalue weighted by Gasteiger charge is 2.27. The molecule has 2 aromatic rings. The maximum Gasteiger partial charge on any atom is 0.341 e. The number of anilines is 2. The molecule has 1 amide bonds. The van der Waals surface area contributed by atoms with Crippen LogP contribution in [0.5, 0.6) is 0 Å². The Bertz CT molecular complexity index is 943. The van der Waals surface area contributed by atoms with E-state index in [4.69, 9.17) is 9.47 Å². The second kappa shape index (κ2) is 10.4. The predicted molar refractivity (Wildman–Crippen MR) is 121 cm³/mol. The van der Waals surface area contributed by atoms with E-state index in [-0.39, 0.29) is 17.6 Å². The quantitative estimate of drug-likeness (QED) is 0.381. The van der Waals surface area contributed by atoms with Gasteiger partial charge in [0.2, 0.25) is 5.91 Å². The number of hydrogen-bond acceptors (Lipinski definition) is 9. The van der Waals surface area contributed by atoms with Gasteiger partial charge < -0.3 is 19.7 Å². The average Bonchev–Trinajstić information content (AvgIpc) is 3.16. The number of thioether (sulfide) groups is 1. The molecule has 0 spiro atoms. The van der Waals surface area contributed by atoms with Crippen molar-refractivity contribution >= 4 is 45.8 Å². The van der Waals surface area contributed by atoms with Crippen LogP contribution < -0.4 is 10.2 Å². The van der Waals surface area contributed by atoms with Crippen molar-refractivity contribution in [3.05, 3.63) is 28.4 Å². The number of carbonyl (C=O) groups is 2. The molecule has 0 saturated carbocycles. The van der Waals surface area contributed by atoms with Crippen LogP contribution in [0.4, 0.5) is 10.8 Å². The average molecular weight is 463 g/mol. The summed E-state index contributed by atoms with van der Waals surface area (Å²) in [4.78, 5) is 37.2. The number of carbonyl (C=O) groups excluding carboxylic acids is 2. The van der Waals surface area contributed by atoms with Crippen LogP contribution in [-0.2, 0) is 27.1 Å². The lowest BCUT2D eigenvalue weighted by Crippen LogP contribution is -2.36. The second-order valence-electron chi connectivity index (χ2n) is 7.29. The Morgan fingerprint density at radius 1 is 1.26 bits per heavy atom. The van der Waals surface area contributed by atoms with Crippen LogP contribution in [0.25, 0.3) is 0 Å². The van der Waals surface area contributed by atoms with Gasteiger partial charge in [0, 0.05) is 24.0 Å². The molecule has 0 bridgehead atoms. The lowest BCUT2D eigenvalue weighted by atomic mass is 9.95. The highest BCUT2D eigenvalue weighted by molar-refractivity contribution is 7.99. The Hall–Kier alpha value is -2.17. The highest BCUT2D eigenvalue weighted by Crippen LogP contribution is 2.38. The molecule has 1 aliphatic carbocycles. The van der Waals surface area contributed by atoms with Crippen LogP contribution in [0.15, 0.2) is 17.4 Å². The van der Waals surface area contributed by atoms with E-state index in [0.29, 0.717) is 30.4 Å². The summed E-state index contributed by atoms with van der Waals surface area (Å²) < 4.78 is 10.6. The molecule has 1 N–H and O–H groups in total. The number of nitrogens with one attached hydrogen (secondary N) is 1. The fourth-order valence-corrected chi connectivity index (χ4v) is 5.70. The molecule has 2 aliphatic rings. The minimum absolute atomic E-state index is 0.166. The van der Waals surface area contributed by atoms with E-state index in [0.717, 1.165) is 55.2 Å². The number of aromatic nitrogens is 2. The third kappa shape index (κ3) is 5.36. The molecule has 1 saturated heterocycles. The molecule has 3 heterocycles. The fourth-order valence-electron chi connectivity index (χ4n) is 3.75. The first-order valence-corrected chi connectivity index (χ1v) is 12.3. The van der Waals surface area contributed by atoms with Crippen LogP contribution >= 0.6 is 23.1 Å². The zero-order chi connectivity index (χ0) is 21.6. The summed E-state index contributed by atoms with van der Waals surface area (Å²) in [5, 5.41) is 4.29. The summed E-state index contributed by atoms with van der Waals surface area (Å²) in [5.41, 5.74) is 1.58. The number of esters is 1. The molecule has 0 radical (unpaired) electrons. The maximum absolute atomic E-state index is 12.7. The molecule has 31 heavy (non-hydrogen) atoms. The minimum atomic E-state index is -0.351. The van der Waals surface area contributed by atoms with Gasteiger partial charge in [0.05, 0.1) is 31.1 Å². The van der Waals surface area contributed by atoms with Crippen molar-refractivity contribution in [3.63, 3.8) is 0 Å². The molecule has 0 atom stereocenters. The van der Waals surface area contributed by atoms with Crippen molar-refractivity contribution in [2.24, 2.45) is 0 Å². The first-order chi connectivity index (χ1) is 15.2. The number of morpholine rings is 1. The van der Waals surface area contributed by atoms with Gasteiger partial charge in [-0.05, 0) is 38.2 Å². The van der Waals surface area contributed by atoms with Gasteiger partial charge in [0.25, 0.3) is 0 Å². The topological polar surface area (TPSA) is 93.7 Å². The Balaban J connectivity index is 1.41. The van der Waals surface area contributed by atoms with Crippen LogP contribution in [0.1, 0.15) is 40.6 Å². The summed E-state index contributed by atoms with van der Waals surface area (Å²) in [6, 6.07) is 1.90. The summed E-state index contributed by atoms with van der Waals surface area (Å²) in [5.74, 6) is 0.526. The summed E-state index contributed by atoms with van der Waals surface area (Å²) in [6.45, 7) is 5.05. The normalized spacial score (nSPS) is 16.0. The van der Waals surface area contributed by atoms with E-state index in [1.54, 1.807) is 6.92 Å². The number of fused-ring (bicyclic) bond motifs is 1. The molecular formula is C21H26N4O4S2. The van der Waals surface area contributed by atoms with Crippen molar-refractivity contribution < 1.29 is 19.1 Å². The molecule has 1 fully saturated rings. The monoisotopic (exact) mass is 462 g/mol. The van der Waals surface area contributed by atoms with Crippen LogP contribution in [0.3, 0.4) is 0 Å². The predicted octanol–water partition coefficient (Wildman–Crippen LogP) is 3.16. The third-order valence-corrected chi connectivity index (χ3v) is 7.35. The van der Waals surface area contributed by atoms with E-state index in [1.807, 2.05) is 6.07 Å². The minimum Gasteiger partial charge on any atom is -0.462 e. The second-order valence-corrected chi connectivity index (χ2v) is 9.39. The zero-order valence-corrected chi connectivity index (χ0v) is 19.1. The van der Waals surface area contributed by atoms with Crippen molar-refractivity contribution in [1.82, 2.24) is 9.97 Å². The number of hydrogen-bond donors (Lipinski definition) is 1. The molecule has 166 valence electrons. The Morgan fingerprint density at radius 2 is 2.06 bits per heavy atom. The molecule has 10 heteroatoms. The van der Waals surface area contributed by atoms with Crippen LogP contribution in [-0.4, -0.2) is 60.5 Å². The fraction of sp³-hybridized carbons (Fsp3) is 0.524. The van der Waals surface area contributed by atoms with Gasteiger partial charge in [0.15, 0.2) is 0 Å². The van der Waals surface area contributed by atoms with Gasteiger partial charge in [-0.3, -0.25) is 4.79 Å². The lowest BCUT2D eigenvalue weighted by molar-refractivity contribution is -0.113. The molecule has 4 rings (SSSR count). The standard InChI is InChI=1S/C21H26N4O4S2/c1-2-29-21(27)19-14-5-3-4-6-15(14)31-20(19)24-17(26)12-30-18-11-16(22-13-23-18)25-7-9-28-10-8-25/h11,13H,2-10,12H2,1H3,(H,24,26). The van der Waals surface area contributed by atoms with Gasteiger partial charge in [-0.15, -0.1) is 11.3 Å². The van der Waals surface area contributed by atoms with Crippen LogP contribution in [0.2, 0.25) is 0 Å². The van der Waals surface area contributed by atoms with Crippen LogP contribution in [0, 0.1) is 0 Å². The van der Waals surface area contributed by atoms with E-state index < -0.39 is 0 Å². The molecule has 8 nitrogen and oxygen atoms in total. The maximum atomic E-state index is 12.7. The number of ether oxygens (including phenoxy) is 2. The Labute approximate surface area is 189 Å². The van der Waals surface area contributed by atoms with E-state index in [1.165, 1.54) is 34.3 Å². The summed E-state index contributed by atoms with van der Waals surface area (Å²) >= 11 is 2.85. The first-order valence-electron chi connectivity index (χ1n) is 10.5. The van der Waals surface area contributed by atoms with Gasteiger partial charge >= 0.3 is 5.97 Å². The number of thiophene rings is 1. The van der Waals surface area contributed by atoms with Gasteiger partial charge in [-0.25, -0.2) is 14.8 Å². The van der Waals surface area contributed by atoms with Gasteiger partial charge in [-0.1, -0.05) is 11.8 Å². The third-order valence-electron chi connectivity index (χ3n) is 5.22. The first kappa shape index (κ1) is 22.0. The highest BCUT2D eigenvalue weighted by atomic mass is 32.2. The molecule has 0 unspecified atom stereocenters. The van der Waals surface area contributed by atoms with E-state index in [9.17, 15) is 9.59 Å². The molecule has 2 aromatic heterocycles. The summed E-state index contributed by atoms with van der Waals surface area (Å²) in [7, 11) is 0. The number of aryl methyl sites for hydroxylation is 1. The number of rotatable bonds is 7. The van der Waals surface area contributed by atoms with Gasteiger partial charge in [-0.2, -0.15) is 0 Å². The van der Waals surface area contributed by atoms with Crippen molar-refractivity contribution in [2.75, 3.05) is 48.9 Å². The number of amides is 1. The largest absolute Gasteiger partial charge is 0.462 e. The zero-order valence-electron chi connectivity index (χ0n) is 17.5. The van der Waals surface area contributed by atoms with Crippen molar-refractivity contribution in [2.45, 2.75) is 37.6 Å². The Kier molecular flexibility index (Phi) is 7.41.